The summed E-state index contributed by atoms with van der Waals surface area (Å²) < 4.78 is 0. The van der Waals surface area contributed by atoms with Gasteiger partial charge in [-0.05, 0) is 18.9 Å². The zero-order valence-corrected chi connectivity index (χ0v) is 8.63. The maximum absolute atomic E-state index is 9.21. The van der Waals surface area contributed by atoms with Crippen LogP contribution in [0.2, 0.25) is 0 Å². The van der Waals surface area contributed by atoms with Crippen molar-refractivity contribution >= 4 is 5.69 Å². The van der Waals surface area contributed by atoms with Crippen molar-refractivity contribution in [2.45, 2.75) is 25.5 Å². The number of aliphatic hydroxyl groups is 2. The van der Waals surface area contributed by atoms with Gasteiger partial charge >= 0.3 is 0 Å². The number of rotatable bonds is 5. The molecule has 0 bridgehead atoms. The van der Waals surface area contributed by atoms with E-state index < -0.39 is 0 Å². The second-order valence-corrected chi connectivity index (χ2v) is 3.81. The quantitative estimate of drug-likeness (QED) is 0.741. The first-order valence-electron chi connectivity index (χ1n) is 5.28. The van der Waals surface area contributed by atoms with Crippen LogP contribution in [-0.2, 0) is 6.61 Å². The van der Waals surface area contributed by atoms with Gasteiger partial charge in [0.05, 0.1) is 13.2 Å². The second kappa shape index (κ2) is 4.59. The maximum atomic E-state index is 9.21. The first-order valence-corrected chi connectivity index (χ1v) is 5.28. The number of anilines is 1. The molecule has 0 amide bonds. The summed E-state index contributed by atoms with van der Waals surface area (Å²) in [5.74, 6) is 0. The monoisotopic (exact) mass is 208 g/mol. The van der Waals surface area contributed by atoms with Gasteiger partial charge in [0, 0.05) is 36.2 Å². The minimum atomic E-state index is -0.00216. The molecule has 0 aliphatic heterocycles. The van der Waals surface area contributed by atoms with E-state index in [0.717, 1.165) is 11.3 Å². The molecule has 1 fully saturated rings. The predicted octanol–water partition coefficient (Wildman–Crippen LogP) is 0.535. The van der Waals surface area contributed by atoms with Crippen molar-refractivity contribution in [3.8, 4) is 0 Å². The molecule has 1 heterocycles. The van der Waals surface area contributed by atoms with Gasteiger partial charge in [-0.3, -0.25) is 4.98 Å². The minimum absolute atomic E-state index is 0.00216. The summed E-state index contributed by atoms with van der Waals surface area (Å²) in [5.41, 5.74) is 1.84. The Bertz CT molecular complexity index is 326. The third kappa shape index (κ3) is 2.27. The molecule has 0 saturated heterocycles. The molecule has 0 atom stereocenters. The van der Waals surface area contributed by atoms with E-state index in [1.54, 1.807) is 12.4 Å². The lowest BCUT2D eigenvalue weighted by Crippen LogP contribution is -2.29. The lowest BCUT2D eigenvalue weighted by molar-refractivity contribution is 0.280. The smallest absolute Gasteiger partial charge is 0.0717 e. The predicted molar refractivity (Wildman–Crippen MR) is 57.6 cm³/mol. The van der Waals surface area contributed by atoms with Crippen LogP contribution >= 0.6 is 0 Å². The van der Waals surface area contributed by atoms with Crippen molar-refractivity contribution in [2.24, 2.45) is 0 Å². The van der Waals surface area contributed by atoms with Crippen molar-refractivity contribution < 1.29 is 10.2 Å². The van der Waals surface area contributed by atoms with Crippen LogP contribution in [0.15, 0.2) is 18.5 Å². The summed E-state index contributed by atoms with van der Waals surface area (Å²) in [5, 5.41) is 18.2. The first kappa shape index (κ1) is 10.4. The fraction of sp³-hybridized carbons (Fsp3) is 0.545. The van der Waals surface area contributed by atoms with Crippen LogP contribution in [0.3, 0.4) is 0 Å². The highest BCUT2D eigenvalue weighted by Gasteiger charge is 2.29. The van der Waals surface area contributed by atoms with Gasteiger partial charge in [-0.1, -0.05) is 0 Å². The van der Waals surface area contributed by atoms with E-state index in [1.165, 1.54) is 12.8 Å². The summed E-state index contributed by atoms with van der Waals surface area (Å²) in [6.07, 6.45) is 5.75. The van der Waals surface area contributed by atoms with Gasteiger partial charge in [0.1, 0.15) is 0 Å². The Balaban J connectivity index is 2.23. The van der Waals surface area contributed by atoms with Crippen molar-refractivity contribution in [3.63, 3.8) is 0 Å². The second-order valence-electron chi connectivity index (χ2n) is 3.81. The van der Waals surface area contributed by atoms with Gasteiger partial charge in [0.25, 0.3) is 0 Å². The largest absolute Gasteiger partial charge is 0.395 e. The molecule has 0 unspecified atom stereocenters. The molecule has 4 heteroatoms. The molecular weight excluding hydrogens is 192 g/mol. The molecule has 1 aromatic heterocycles. The van der Waals surface area contributed by atoms with Crippen molar-refractivity contribution in [3.05, 3.63) is 24.0 Å². The van der Waals surface area contributed by atoms with Crippen molar-refractivity contribution in [1.82, 2.24) is 4.98 Å². The fourth-order valence-electron chi connectivity index (χ4n) is 1.82. The van der Waals surface area contributed by atoms with E-state index in [9.17, 15) is 5.11 Å². The van der Waals surface area contributed by atoms with Crippen LogP contribution in [0.5, 0.6) is 0 Å². The van der Waals surface area contributed by atoms with E-state index in [2.05, 4.69) is 9.88 Å². The number of nitrogens with zero attached hydrogens (tertiary/aromatic N) is 2. The number of hydrogen-bond donors (Lipinski definition) is 2. The van der Waals surface area contributed by atoms with E-state index in [0.29, 0.717) is 12.6 Å². The lowest BCUT2D eigenvalue weighted by Gasteiger charge is -2.25. The zero-order valence-electron chi connectivity index (χ0n) is 8.63. The Labute approximate surface area is 89.2 Å². The van der Waals surface area contributed by atoms with Gasteiger partial charge in [-0.2, -0.15) is 0 Å². The van der Waals surface area contributed by atoms with Gasteiger partial charge in [0.15, 0.2) is 0 Å². The zero-order chi connectivity index (χ0) is 10.7. The van der Waals surface area contributed by atoms with Crippen LogP contribution < -0.4 is 4.90 Å². The topological polar surface area (TPSA) is 56.6 Å². The number of aliphatic hydroxyl groups excluding tert-OH is 2. The molecular formula is C11H16N2O2. The summed E-state index contributed by atoms with van der Waals surface area (Å²) in [6, 6.07) is 2.43. The molecule has 2 N–H and O–H groups in total. The number of pyridine rings is 1. The fourth-order valence-corrected chi connectivity index (χ4v) is 1.82. The van der Waals surface area contributed by atoms with Crippen LogP contribution in [0.25, 0.3) is 0 Å². The molecule has 1 aliphatic rings. The van der Waals surface area contributed by atoms with Gasteiger partial charge < -0.3 is 15.1 Å². The number of aromatic nitrogens is 1. The van der Waals surface area contributed by atoms with Crippen LogP contribution in [-0.4, -0.2) is 34.4 Å². The SMILES string of the molecule is OCCN(c1ccncc1CO)C1CC1. The molecule has 4 nitrogen and oxygen atoms in total. The summed E-state index contributed by atoms with van der Waals surface area (Å²) in [7, 11) is 0. The van der Waals surface area contributed by atoms with Gasteiger partial charge in [0.2, 0.25) is 0 Å². The third-order valence-corrected chi connectivity index (χ3v) is 2.69. The molecule has 0 radical (unpaired) electrons. The van der Waals surface area contributed by atoms with Crippen molar-refractivity contribution in [1.29, 1.82) is 0 Å². The van der Waals surface area contributed by atoms with E-state index >= 15 is 0 Å². The Kier molecular flexibility index (Phi) is 3.18. The highest BCUT2D eigenvalue weighted by molar-refractivity contribution is 5.53. The number of hydrogen-bond acceptors (Lipinski definition) is 4. The summed E-state index contributed by atoms with van der Waals surface area (Å²) >= 11 is 0. The Morgan fingerprint density at radius 1 is 1.40 bits per heavy atom. The van der Waals surface area contributed by atoms with E-state index in [4.69, 9.17) is 5.11 Å². The molecule has 15 heavy (non-hydrogen) atoms. The molecule has 82 valence electrons. The van der Waals surface area contributed by atoms with Crippen molar-refractivity contribution in [2.75, 3.05) is 18.1 Å². The molecule has 1 aliphatic carbocycles. The highest BCUT2D eigenvalue weighted by Crippen LogP contribution is 2.32. The normalized spacial score (nSPS) is 15.3. The van der Waals surface area contributed by atoms with Gasteiger partial charge in [-0.15, -0.1) is 0 Å². The van der Waals surface area contributed by atoms with Gasteiger partial charge in [-0.25, -0.2) is 0 Å². The molecule has 1 saturated carbocycles. The summed E-state index contributed by atoms with van der Waals surface area (Å²) in [4.78, 5) is 6.15. The first-order chi connectivity index (χ1) is 7.36. The average molecular weight is 208 g/mol. The lowest BCUT2D eigenvalue weighted by atomic mass is 10.2. The molecule has 0 aromatic carbocycles. The Morgan fingerprint density at radius 2 is 2.20 bits per heavy atom. The molecule has 1 aromatic rings. The average Bonchev–Trinajstić information content (AvgIpc) is 3.10. The third-order valence-electron chi connectivity index (χ3n) is 2.69. The molecule has 2 rings (SSSR count). The van der Waals surface area contributed by atoms with E-state index in [-0.39, 0.29) is 13.2 Å². The van der Waals surface area contributed by atoms with E-state index in [1.807, 2.05) is 6.07 Å². The minimum Gasteiger partial charge on any atom is -0.395 e. The standard InChI is InChI=1S/C11H16N2O2/c14-6-5-13(10-1-2-10)11-3-4-12-7-9(11)8-15/h3-4,7,10,14-15H,1-2,5-6,8H2. The highest BCUT2D eigenvalue weighted by atomic mass is 16.3. The Morgan fingerprint density at radius 3 is 2.80 bits per heavy atom. The maximum Gasteiger partial charge on any atom is 0.0717 e. The Hall–Kier alpha value is -1.13. The summed E-state index contributed by atoms with van der Waals surface area (Å²) in [6.45, 7) is 0.767. The van der Waals surface area contributed by atoms with Crippen LogP contribution in [0.1, 0.15) is 18.4 Å². The molecule has 0 spiro atoms. The van der Waals surface area contributed by atoms with Crippen LogP contribution in [0, 0.1) is 0 Å². The van der Waals surface area contributed by atoms with Crippen LogP contribution in [0.4, 0.5) is 5.69 Å².